The third-order valence-corrected chi connectivity index (χ3v) is 4.94. The molecule has 0 aromatic carbocycles. The molecule has 0 amide bonds. The summed E-state index contributed by atoms with van der Waals surface area (Å²) in [6.45, 7) is 5.76. The second-order valence-electron chi connectivity index (χ2n) is 3.63. The van der Waals surface area contributed by atoms with Gasteiger partial charge in [0.2, 0.25) is 0 Å². The first-order chi connectivity index (χ1) is 7.24. The van der Waals surface area contributed by atoms with Gasteiger partial charge >= 0.3 is 18.9 Å². The average molecular weight is 257 g/mol. The van der Waals surface area contributed by atoms with Gasteiger partial charge in [-0.1, -0.05) is 0 Å². The van der Waals surface area contributed by atoms with Gasteiger partial charge in [-0.2, -0.15) is 0 Å². The second kappa shape index (κ2) is 11.3. The van der Waals surface area contributed by atoms with Crippen molar-refractivity contribution in [3.63, 3.8) is 0 Å². The summed E-state index contributed by atoms with van der Waals surface area (Å²) in [6, 6.07) is 0. The van der Waals surface area contributed by atoms with Crippen molar-refractivity contribution in [2.75, 3.05) is 48.9 Å². The van der Waals surface area contributed by atoms with E-state index >= 15 is 0 Å². The Labute approximate surface area is 118 Å². The second-order valence-corrected chi connectivity index (χ2v) is 7.06. The summed E-state index contributed by atoms with van der Waals surface area (Å²) in [4.78, 5) is 0. The predicted octanol–water partition coefficient (Wildman–Crippen LogP) is -1.25. The molecule has 0 bridgehead atoms. The molecular weight excluding hydrogens is 232 g/mol. The molecule has 98 valence electrons. The van der Waals surface area contributed by atoms with Gasteiger partial charge in [0.05, 0.1) is 0 Å². The van der Waals surface area contributed by atoms with Crippen LogP contribution in [0.1, 0.15) is 6.92 Å². The maximum absolute atomic E-state index is 12.1. The van der Waals surface area contributed by atoms with E-state index in [2.05, 4.69) is 17.6 Å². The van der Waals surface area contributed by atoms with Crippen LogP contribution in [-0.4, -0.2) is 62.9 Å². The Morgan fingerprint density at radius 3 is 1.35 bits per heavy atom. The molecule has 0 saturated carbocycles. The van der Waals surface area contributed by atoms with Crippen molar-refractivity contribution in [2.45, 2.75) is 6.92 Å². The molecule has 5 nitrogen and oxygen atoms in total. The molecule has 7 heteroatoms. The van der Waals surface area contributed by atoms with E-state index in [-0.39, 0.29) is 18.9 Å². The van der Waals surface area contributed by atoms with E-state index in [1.165, 1.54) is 0 Å². The molecule has 0 radical (unpaired) electrons. The molecule has 0 heterocycles. The van der Waals surface area contributed by atoms with Crippen LogP contribution in [-0.2, 0) is 9.30 Å². The monoisotopic (exact) mass is 257 g/mol. The molecule has 0 saturated heterocycles. The van der Waals surface area contributed by atoms with E-state index in [4.69, 9.17) is 0 Å². The largest absolute Gasteiger partial charge is 1.00 e. The van der Waals surface area contributed by atoms with Gasteiger partial charge in [0, 0.05) is 6.61 Å². The van der Waals surface area contributed by atoms with Gasteiger partial charge in [0.15, 0.2) is 0 Å². The van der Waals surface area contributed by atoms with Crippen LogP contribution in [0.25, 0.3) is 0 Å². The van der Waals surface area contributed by atoms with Crippen molar-refractivity contribution in [3.8, 4) is 0 Å². The van der Waals surface area contributed by atoms with Crippen LogP contribution >= 0.6 is 7.59 Å². The first-order valence-corrected chi connectivity index (χ1v) is 6.58. The zero-order chi connectivity index (χ0) is 13.4. The molecule has 0 aliphatic carbocycles. The third kappa shape index (κ3) is 8.04. The number of rotatable bonds is 5. The molecule has 0 fully saturated rings. The summed E-state index contributed by atoms with van der Waals surface area (Å²) in [5.41, 5.74) is 0. The van der Waals surface area contributed by atoms with E-state index < -0.39 is 7.59 Å². The quantitative estimate of drug-likeness (QED) is 0.266. The third-order valence-electron chi connectivity index (χ3n) is 1.81. The van der Waals surface area contributed by atoms with Gasteiger partial charge in [-0.3, -0.25) is 4.57 Å². The fourth-order valence-corrected chi connectivity index (χ4v) is 3.32. The minimum Gasteiger partial charge on any atom is -0.694 e. The van der Waals surface area contributed by atoms with Crippen molar-refractivity contribution in [3.05, 3.63) is 12.8 Å². The number of hydrogen-bond acceptors (Lipinski definition) is 2. The van der Waals surface area contributed by atoms with Crippen LogP contribution < -0.4 is 18.9 Å². The fraction of sp³-hybridized carbons (Fsp3) is 0.800. The van der Waals surface area contributed by atoms with E-state index in [1.807, 2.05) is 49.2 Å². The van der Waals surface area contributed by atoms with Crippen LogP contribution in [0.2, 0.25) is 0 Å². The Morgan fingerprint density at radius 1 is 1.06 bits per heavy atom. The molecule has 0 rings (SSSR count). The minimum atomic E-state index is -2.44. The SMILES string of the molecule is C=[C-]OCC.CN(C)P(=O)(N(C)C)N(C)C.[Li+]. The average Bonchev–Trinajstić information content (AvgIpc) is 2.17. The molecule has 0 aliphatic rings. The Kier molecular flexibility index (Phi) is 15.0. The molecule has 0 unspecified atom stereocenters. The molecule has 17 heavy (non-hydrogen) atoms. The van der Waals surface area contributed by atoms with Gasteiger partial charge in [0.25, 0.3) is 7.59 Å². The molecule has 0 atom stereocenters. The molecule has 0 spiro atoms. The van der Waals surface area contributed by atoms with E-state index in [1.54, 1.807) is 14.0 Å². The molecule has 0 aromatic heterocycles. The van der Waals surface area contributed by atoms with Gasteiger partial charge in [-0.25, -0.2) is 20.6 Å². The zero-order valence-electron chi connectivity index (χ0n) is 12.5. The zero-order valence-corrected chi connectivity index (χ0v) is 13.4. The maximum Gasteiger partial charge on any atom is 1.00 e. The molecular formula is C10H25LiN3O2P. The van der Waals surface area contributed by atoms with E-state index in [9.17, 15) is 4.57 Å². The molecule has 0 N–H and O–H groups in total. The summed E-state index contributed by atoms with van der Waals surface area (Å²) in [7, 11) is 8.49. The maximum atomic E-state index is 12.1. The van der Waals surface area contributed by atoms with E-state index in [0.717, 1.165) is 0 Å². The van der Waals surface area contributed by atoms with Crippen molar-refractivity contribution < 1.29 is 28.2 Å². The smallest absolute Gasteiger partial charge is 0.694 e. The van der Waals surface area contributed by atoms with Crippen molar-refractivity contribution in [2.24, 2.45) is 0 Å². The predicted molar refractivity (Wildman–Crippen MR) is 69.2 cm³/mol. The summed E-state index contributed by atoms with van der Waals surface area (Å²) < 4.78 is 21.8. The van der Waals surface area contributed by atoms with Crippen LogP contribution in [0.4, 0.5) is 0 Å². The van der Waals surface area contributed by atoms with Crippen molar-refractivity contribution in [1.82, 2.24) is 14.0 Å². The Balaban J connectivity index is -0.000000280. The topological polar surface area (TPSA) is 36.0 Å². The van der Waals surface area contributed by atoms with Crippen LogP contribution in [0.3, 0.4) is 0 Å². The van der Waals surface area contributed by atoms with Crippen molar-refractivity contribution >= 4 is 7.59 Å². The normalized spacial score (nSPS) is 10.7. The van der Waals surface area contributed by atoms with Gasteiger partial charge in [-0.15, -0.1) is 0 Å². The standard InChI is InChI=1S/C6H18N3OP.C4H7O.Li/c1-7(2)11(10,8(3)4)9(5)6;1-3-5-4-2;/h1-6H3;1,4H2,2H3;/q;-1;+1. The van der Waals surface area contributed by atoms with Crippen LogP contribution in [0.15, 0.2) is 6.58 Å². The van der Waals surface area contributed by atoms with Crippen LogP contribution in [0, 0.1) is 6.26 Å². The van der Waals surface area contributed by atoms with Crippen molar-refractivity contribution in [1.29, 1.82) is 0 Å². The number of nitrogens with zero attached hydrogens (tertiary/aromatic N) is 3. The number of ether oxygens (including phenoxy) is 1. The Morgan fingerprint density at radius 2 is 1.35 bits per heavy atom. The first kappa shape index (κ1) is 22.4. The summed E-state index contributed by atoms with van der Waals surface area (Å²) in [5.74, 6) is 0. The van der Waals surface area contributed by atoms with Gasteiger partial charge < -0.3 is 11.0 Å². The minimum absolute atomic E-state index is 0. The van der Waals surface area contributed by atoms with Crippen LogP contribution in [0.5, 0.6) is 0 Å². The summed E-state index contributed by atoms with van der Waals surface area (Å²) in [5, 5.41) is 0. The van der Waals surface area contributed by atoms with Gasteiger partial charge in [0.1, 0.15) is 0 Å². The van der Waals surface area contributed by atoms with Gasteiger partial charge in [-0.05, 0) is 49.2 Å². The van der Waals surface area contributed by atoms with E-state index in [0.29, 0.717) is 6.61 Å². The number of hydrogen-bond donors (Lipinski definition) is 0. The first-order valence-electron chi connectivity index (χ1n) is 5.02. The summed E-state index contributed by atoms with van der Waals surface area (Å²) >= 11 is 0. The molecule has 0 aliphatic heterocycles. The summed E-state index contributed by atoms with van der Waals surface area (Å²) in [6.07, 6.45) is 2.27. The fourth-order valence-electron chi connectivity index (χ4n) is 1.18. The Bertz CT molecular complexity index is 207. The Hall–Kier alpha value is 0.247. The molecule has 0 aromatic rings.